The SMILES string of the molecule is COc1ccc(C(NC(=O)c2cn(C3CCNCC3)nn2)C2CC2)cc1.Cl. The highest BCUT2D eigenvalue weighted by Gasteiger charge is 2.34. The molecule has 27 heavy (non-hydrogen) atoms. The van der Waals surface area contributed by atoms with Crippen molar-refractivity contribution in [3.8, 4) is 5.75 Å². The van der Waals surface area contributed by atoms with E-state index in [-0.39, 0.29) is 24.4 Å². The fourth-order valence-electron chi connectivity index (χ4n) is 3.56. The summed E-state index contributed by atoms with van der Waals surface area (Å²) in [7, 11) is 1.65. The maximum atomic E-state index is 12.7. The lowest BCUT2D eigenvalue weighted by Gasteiger charge is -2.22. The normalized spacial score (nSPS) is 18.4. The second kappa shape index (κ2) is 8.71. The molecule has 2 N–H and O–H groups in total. The Hall–Kier alpha value is -2.12. The molecule has 1 aromatic heterocycles. The maximum absolute atomic E-state index is 12.7. The predicted octanol–water partition coefficient (Wildman–Crippen LogP) is 2.51. The van der Waals surface area contributed by atoms with Crippen molar-refractivity contribution in [2.45, 2.75) is 37.8 Å². The Morgan fingerprint density at radius 2 is 1.93 bits per heavy atom. The Morgan fingerprint density at radius 3 is 2.56 bits per heavy atom. The summed E-state index contributed by atoms with van der Waals surface area (Å²) < 4.78 is 7.07. The van der Waals surface area contributed by atoms with Crippen molar-refractivity contribution in [3.63, 3.8) is 0 Å². The van der Waals surface area contributed by atoms with Crippen LogP contribution in [0.15, 0.2) is 30.5 Å². The van der Waals surface area contributed by atoms with E-state index in [2.05, 4.69) is 20.9 Å². The molecular weight excluding hydrogens is 366 g/mol. The van der Waals surface area contributed by atoms with Gasteiger partial charge in [-0.05, 0) is 62.4 Å². The topological polar surface area (TPSA) is 81.1 Å². The average Bonchev–Trinajstić information content (AvgIpc) is 3.42. The number of methoxy groups -OCH3 is 1. The van der Waals surface area contributed by atoms with Gasteiger partial charge in [0.1, 0.15) is 5.75 Å². The predicted molar refractivity (Wildman–Crippen MR) is 104 cm³/mol. The molecule has 7 nitrogen and oxygen atoms in total. The van der Waals surface area contributed by atoms with E-state index in [9.17, 15) is 4.79 Å². The fraction of sp³-hybridized carbons (Fsp3) is 0.526. The molecule has 8 heteroatoms. The number of aromatic nitrogens is 3. The molecule has 2 heterocycles. The first-order valence-corrected chi connectivity index (χ1v) is 9.32. The van der Waals surface area contributed by atoms with Gasteiger partial charge in [-0.15, -0.1) is 17.5 Å². The maximum Gasteiger partial charge on any atom is 0.273 e. The molecule has 1 saturated heterocycles. The number of nitrogens with one attached hydrogen (secondary N) is 2. The van der Waals surface area contributed by atoms with Crippen LogP contribution in [0.2, 0.25) is 0 Å². The van der Waals surface area contributed by atoms with Crippen LogP contribution in [-0.4, -0.2) is 41.1 Å². The summed E-state index contributed by atoms with van der Waals surface area (Å²) in [5, 5.41) is 14.8. The van der Waals surface area contributed by atoms with Gasteiger partial charge in [0.2, 0.25) is 0 Å². The van der Waals surface area contributed by atoms with Crippen LogP contribution >= 0.6 is 12.4 Å². The molecular formula is C19H26ClN5O2. The third kappa shape index (κ3) is 4.59. The molecule has 1 aliphatic carbocycles. The number of nitrogens with zero attached hydrogens (tertiary/aromatic N) is 3. The van der Waals surface area contributed by atoms with E-state index in [4.69, 9.17) is 4.74 Å². The Labute approximate surface area is 165 Å². The van der Waals surface area contributed by atoms with Crippen LogP contribution in [0.25, 0.3) is 0 Å². The highest BCUT2D eigenvalue weighted by Crippen LogP contribution is 2.41. The van der Waals surface area contributed by atoms with Gasteiger partial charge in [-0.3, -0.25) is 4.79 Å². The Bertz CT molecular complexity index is 754. The lowest BCUT2D eigenvalue weighted by atomic mass is 10.0. The zero-order chi connectivity index (χ0) is 17.9. The van der Waals surface area contributed by atoms with E-state index in [1.807, 2.05) is 28.9 Å². The first-order chi connectivity index (χ1) is 12.7. The van der Waals surface area contributed by atoms with Crippen molar-refractivity contribution in [1.29, 1.82) is 0 Å². The highest BCUT2D eigenvalue weighted by molar-refractivity contribution is 5.92. The van der Waals surface area contributed by atoms with Crippen LogP contribution in [0.1, 0.15) is 53.8 Å². The van der Waals surface area contributed by atoms with Gasteiger partial charge in [0, 0.05) is 0 Å². The van der Waals surface area contributed by atoms with Crippen molar-refractivity contribution in [2.24, 2.45) is 5.92 Å². The molecule has 0 bridgehead atoms. The van der Waals surface area contributed by atoms with E-state index in [1.54, 1.807) is 13.3 Å². The van der Waals surface area contributed by atoms with Crippen LogP contribution in [0.5, 0.6) is 5.75 Å². The lowest BCUT2D eigenvalue weighted by Crippen LogP contribution is -2.30. The zero-order valence-corrected chi connectivity index (χ0v) is 16.2. The molecule has 0 spiro atoms. The highest BCUT2D eigenvalue weighted by atomic mass is 35.5. The molecule has 1 aliphatic heterocycles. The number of amides is 1. The van der Waals surface area contributed by atoms with E-state index >= 15 is 0 Å². The number of carbonyl (C=O) groups excluding carboxylic acids is 1. The minimum Gasteiger partial charge on any atom is -0.497 e. The van der Waals surface area contributed by atoms with Gasteiger partial charge in [-0.2, -0.15) is 0 Å². The van der Waals surface area contributed by atoms with Crippen molar-refractivity contribution in [1.82, 2.24) is 25.6 Å². The fourth-order valence-corrected chi connectivity index (χ4v) is 3.56. The number of piperidine rings is 1. The summed E-state index contributed by atoms with van der Waals surface area (Å²) in [5.41, 5.74) is 1.50. The molecule has 1 aromatic carbocycles. The minimum atomic E-state index is -0.155. The Morgan fingerprint density at radius 1 is 1.22 bits per heavy atom. The summed E-state index contributed by atoms with van der Waals surface area (Å²) in [6.07, 6.45) is 6.09. The molecule has 1 atom stereocenters. The Balaban J connectivity index is 0.00000210. The standard InChI is InChI=1S/C19H25N5O2.ClH/c1-26-16-6-4-14(5-7-16)18(13-2-3-13)21-19(25)17-12-24(23-22-17)15-8-10-20-11-9-15;/h4-7,12-13,15,18,20H,2-3,8-11H2,1H3,(H,21,25);1H. The molecule has 2 aromatic rings. The number of rotatable bonds is 6. The molecule has 0 radical (unpaired) electrons. The molecule has 4 rings (SSSR count). The second-order valence-corrected chi connectivity index (χ2v) is 7.13. The third-order valence-electron chi connectivity index (χ3n) is 5.28. The number of hydrogen-bond donors (Lipinski definition) is 2. The molecule has 1 saturated carbocycles. The van der Waals surface area contributed by atoms with E-state index in [1.165, 1.54) is 0 Å². The number of benzene rings is 1. The minimum absolute atomic E-state index is 0. The van der Waals surface area contributed by atoms with Crippen LogP contribution in [0, 0.1) is 5.92 Å². The van der Waals surface area contributed by atoms with Gasteiger partial charge >= 0.3 is 0 Å². The first kappa shape index (κ1) is 19.6. The summed E-state index contributed by atoms with van der Waals surface area (Å²) in [5.74, 6) is 1.16. The van der Waals surface area contributed by atoms with Crippen LogP contribution < -0.4 is 15.4 Å². The van der Waals surface area contributed by atoms with Crippen molar-refractivity contribution >= 4 is 18.3 Å². The first-order valence-electron chi connectivity index (χ1n) is 9.32. The number of hydrogen-bond acceptors (Lipinski definition) is 5. The van der Waals surface area contributed by atoms with Gasteiger partial charge in [-0.25, -0.2) is 4.68 Å². The second-order valence-electron chi connectivity index (χ2n) is 7.13. The van der Waals surface area contributed by atoms with Crippen molar-refractivity contribution in [2.75, 3.05) is 20.2 Å². The van der Waals surface area contributed by atoms with E-state index < -0.39 is 0 Å². The summed E-state index contributed by atoms with van der Waals surface area (Å²) in [4.78, 5) is 12.7. The van der Waals surface area contributed by atoms with Crippen LogP contribution in [0.3, 0.4) is 0 Å². The molecule has 2 aliphatic rings. The third-order valence-corrected chi connectivity index (χ3v) is 5.28. The van der Waals surface area contributed by atoms with Crippen LogP contribution in [-0.2, 0) is 0 Å². The van der Waals surface area contributed by atoms with Crippen molar-refractivity contribution in [3.05, 3.63) is 41.7 Å². The average molecular weight is 392 g/mol. The van der Waals surface area contributed by atoms with Gasteiger partial charge < -0.3 is 15.4 Å². The molecule has 1 amide bonds. The zero-order valence-electron chi connectivity index (χ0n) is 15.4. The number of carbonyl (C=O) groups is 1. The largest absolute Gasteiger partial charge is 0.497 e. The summed E-state index contributed by atoms with van der Waals surface area (Å²) >= 11 is 0. The van der Waals surface area contributed by atoms with Gasteiger partial charge in [0.05, 0.1) is 25.4 Å². The van der Waals surface area contributed by atoms with Gasteiger partial charge in [0.15, 0.2) is 5.69 Å². The summed E-state index contributed by atoms with van der Waals surface area (Å²) in [6, 6.07) is 8.25. The summed E-state index contributed by atoms with van der Waals surface area (Å²) in [6.45, 7) is 1.96. The van der Waals surface area contributed by atoms with Gasteiger partial charge in [0.25, 0.3) is 5.91 Å². The molecule has 2 fully saturated rings. The molecule has 146 valence electrons. The lowest BCUT2D eigenvalue weighted by molar-refractivity contribution is 0.0926. The quantitative estimate of drug-likeness (QED) is 0.790. The number of ether oxygens (including phenoxy) is 1. The van der Waals surface area contributed by atoms with E-state index in [0.29, 0.717) is 17.7 Å². The smallest absolute Gasteiger partial charge is 0.273 e. The van der Waals surface area contributed by atoms with Gasteiger partial charge in [-0.1, -0.05) is 17.3 Å². The van der Waals surface area contributed by atoms with E-state index in [0.717, 1.165) is 50.1 Å². The molecule has 1 unspecified atom stereocenters. The monoisotopic (exact) mass is 391 g/mol. The van der Waals surface area contributed by atoms with Crippen molar-refractivity contribution < 1.29 is 9.53 Å². The Kier molecular flexibility index (Phi) is 6.34. The van der Waals surface area contributed by atoms with Crippen LogP contribution in [0.4, 0.5) is 0 Å². The number of halogens is 1.